The van der Waals surface area contributed by atoms with Crippen molar-refractivity contribution in [3.63, 3.8) is 0 Å². The van der Waals surface area contributed by atoms with Gasteiger partial charge >= 0.3 is 0 Å². The highest BCUT2D eigenvalue weighted by molar-refractivity contribution is 5.92. The molecule has 5 heteroatoms. The fraction of sp³-hybridized carbons (Fsp3) is 0.235. The fourth-order valence-electron chi connectivity index (χ4n) is 2.09. The molecule has 1 unspecified atom stereocenters. The number of nitrogens with one attached hydrogen (secondary N) is 1. The van der Waals surface area contributed by atoms with Crippen LogP contribution in [0.3, 0.4) is 0 Å². The zero-order chi connectivity index (χ0) is 15.8. The SMILES string of the molecule is COc1cccc(NC(N)=NCC(CO)c2ccccc2)c1. The zero-order valence-corrected chi connectivity index (χ0v) is 12.6. The molecule has 22 heavy (non-hydrogen) atoms. The first-order valence-corrected chi connectivity index (χ1v) is 7.09. The summed E-state index contributed by atoms with van der Waals surface area (Å²) < 4.78 is 5.16. The molecule has 0 amide bonds. The van der Waals surface area contributed by atoms with Crippen molar-refractivity contribution in [3.05, 3.63) is 60.2 Å². The predicted molar refractivity (Wildman–Crippen MR) is 89.4 cm³/mol. The Kier molecular flexibility index (Phi) is 5.80. The van der Waals surface area contributed by atoms with E-state index < -0.39 is 0 Å². The molecule has 0 fully saturated rings. The Morgan fingerprint density at radius 3 is 2.68 bits per heavy atom. The number of ether oxygens (including phenoxy) is 1. The van der Waals surface area contributed by atoms with Gasteiger partial charge in [-0.25, -0.2) is 0 Å². The van der Waals surface area contributed by atoms with Crippen LogP contribution >= 0.6 is 0 Å². The second kappa shape index (κ2) is 8.05. The van der Waals surface area contributed by atoms with Gasteiger partial charge < -0.3 is 20.9 Å². The molecule has 0 saturated heterocycles. The Hall–Kier alpha value is -2.53. The third kappa shape index (κ3) is 4.49. The number of nitrogens with zero attached hydrogens (tertiary/aromatic N) is 1. The molecule has 0 aliphatic rings. The van der Waals surface area contributed by atoms with Gasteiger partial charge in [0.1, 0.15) is 5.75 Å². The lowest BCUT2D eigenvalue weighted by Crippen LogP contribution is -2.24. The van der Waals surface area contributed by atoms with E-state index in [1.165, 1.54) is 0 Å². The summed E-state index contributed by atoms with van der Waals surface area (Å²) in [5.41, 5.74) is 7.75. The number of guanidine groups is 1. The molecule has 5 nitrogen and oxygen atoms in total. The van der Waals surface area contributed by atoms with Gasteiger partial charge in [0.05, 0.1) is 20.3 Å². The van der Waals surface area contributed by atoms with E-state index in [1.54, 1.807) is 7.11 Å². The van der Waals surface area contributed by atoms with E-state index in [0.717, 1.165) is 17.0 Å². The number of aliphatic imine (C=N–C) groups is 1. The molecule has 4 N–H and O–H groups in total. The molecule has 116 valence electrons. The van der Waals surface area contributed by atoms with Gasteiger partial charge in [0.15, 0.2) is 5.96 Å². The van der Waals surface area contributed by atoms with Crippen molar-refractivity contribution in [3.8, 4) is 5.75 Å². The van der Waals surface area contributed by atoms with Gasteiger partial charge in [0.2, 0.25) is 0 Å². The van der Waals surface area contributed by atoms with E-state index in [4.69, 9.17) is 10.5 Å². The third-order valence-corrected chi connectivity index (χ3v) is 3.32. The van der Waals surface area contributed by atoms with Crippen molar-refractivity contribution in [2.75, 3.05) is 25.6 Å². The van der Waals surface area contributed by atoms with E-state index in [0.29, 0.717) is 12.5 Å². The minimum atomic E-state index is -0.0631. The van der Waals surface area contributed by atoms with Crippen LogP contribution in [0, 0.1) is 0 Å². The van der Waals surface area contributed by atoms with Crippen LogP contribution in [-0.2, 0) is 0 Å². The summed E-state index contributed by atoms with van der Waals surface area (Å²) in [6.45, 7) is 0.448. The lowest BCUT2D eigenvalue weighted by molar-refractivity contribution is 0.268. The van der Waals surface area contributed by atoms with Gasteiger partial charge in [-0.3, -0.25) is 4.99 Å². The second-order valence-corrected chi connectivity index (χ2v) is 4.87. The van der Waals surface area contributed by atoms with Gasteiger partial charge in [-0.05, 0) is 17.7 Å². The monoisotopic (exact) mass is 299 g/mol. The van der Waals surface area contributed by atoms with Crippen molar-refractivity contribution in [1.29, 1.82) is 0 Å². The van der Waals surface area contributed by atoms with Crippen LogP contribution in [0.15, 0.2) is 59.6 Å². The van der Waals surface area contributed by atoms with Crippen molar-refractivity contribution in [2.24, 2.45) is 10.7 Å². The maximum Gasteiger partial charge on any atom is 0.193 e. The van der Waals surface area contributed by atoms with E-state index in [2.05, 4.69) is 10.3 Å². The minimum absolute atomic E-state index is 0.0277. The molecule has 2 aromatic rings. The highest BCUT2D eigenvalue weighted by Gasteiger charge is 2.09. The number of hydrogen-bond donors (Lipinski definition) is 3. The Morgan fingerprint density at radius 2 is 2.00 bits per heavy atom. The molecule has 2 rings (SSSR count). The Morgan fingerprint density at radius 1 is 1.23 bits per heavy atom. The van der Waals surface area contributed by atoms with E-state index in [9.17, 15) is 5.11 Å². The predicted octanol–water partition coefficient (Wildman–Crippen LogP) is 2.20. The number of rotatable bonds is 6. The van der Waals surface area contributed by atoms with Gasteiger partial charge in [0, 0.05) is 17.7 Å². The average Bonchev–Trinajstić information content (AvgIpc) is 2.56. The summed E-state index contributed by atoms with van der Waals surface area (Å²) in [6, 6.07) is 17.2. The fourth-order valence-corrected chi connectivity index (χ4v) is 2.09. The van der Waals surface area contributed by atoms with Crippen LogP contribution in [0.2, 0.25) is 0 Å². The number of aliphatic hydroxyl groups excluding tert-OH is 1. The zero-order valence-electron chi connectivity index (χ0n) is 12.6. The number of benzene rings is 2. The van der Waals surface area contributed by atoms with Gasteiger partial charge in [-0.2, -0.15) is 0 Å². The first-order chi connectivity index (χ1) is 10.7. The molecule has 0 bridgehead atoms. The molecule has 1 atom stereocenters. The molecule has 2 aromatic carbocycles. The van der Waals surface area contributed by atoms with Crippen LogP contribution < -0.4 is 15.8 Å². The standard InChI is InChI=1S/C17H21N3O2/c1-22-16-9-5-8-15(10-16)20-17(18)19-11-14(12-21)13-6-3-2-4-7-13/h2-10,14,21H,11-12H2,1H3,(H3,18,19,20). The molecule has 0 aromatic heterocycles. The topological polar surface area (TPSA) is 79.9 Å². The van der Waals surface area contributed by atoms with Gasteiger partial charge in [0.25, 0.3) is 0 Å². The number of anilines is 1. The summed E-state index contributed by atoms with van der Waals surface area (Å²) in [6.07, 6.45) is 0. The van der Waals surface area contributed by atoms with E-state index in [1.807, 2.05) is 54.6 Å². The summed E-state index contributed by atoms with van der Waals surface area (Å²) in [5, 5.41) is 12.5. The van der Waals surface area contributed by atoms with E-state index >= 15 is 0 Å². The van der Waals surface area contributed by atoms with Crippen LogP contribution in [0.5, 0.6) is 5.75 Å². The lowest BCUT2D eigenvalue weighted by Gasteiger charge is -2.13. The first-order valence-electron chi connectivity index (χ1n) is 7.09. The number of aliphatic hydroxyl groups is 1. The molecule has 0 aliphatic heterocycles. The molecule has 0 radical (unpaired) electrons. The normalized spacial score (nSPS) is 12.7. The quantitative estimate of drug-likeness (QED) is 0.564. The van der Waals surface area contributed by atoms with Crippen molar-refractivity contribution in [1.82, 2.24) is 0 Å². The highest BCUT2D eigenvalue weighted by atomic mass is 16.5. The Balaban J connectivity index is 1.99. The smallest absolute Gasteiger partial charge is 0.193 e. The summed E-state index contributed by atoms with van der Waals surface area (Å²) in [5.74, 6) is 0.991. The van der Waals surface area contributed by atoms with Crippen molar-refractivity contribution >= 4 is 11.6 Å². The molecular weight excluding hydrogens is 278 g/mol. The average molecular weight is 299 g/mol. The van der Waals surface area contributed by atoms with Crippen LogP contribution in [0.25, 0.3) is 0 Å². The third-order valence-electron chi connectivity index (χ3n) is 3.32. The van der Waals surface area contributed by atoms with Crippen LogP contribution in [-0.4, -0.2) is 31.3 Å². The van der Waals surface area contributed by atoms with Crippen LogP contribution in [0.1, 0.15) is 11.5 Å². The largest absolute Gasteiger partial charge is 0.497 e. The number of hydrogen-bond acceptors (Lipinski definition) is 3. The molecule has 0 saturated carbocycles. The van der Waals surface area contributed by atoms with Gasteiger partial charge in [-0.1, -0.05) is 36.4 Å². The van der Waals surface area contributed by atoms with Crippen molar-refractivity contribution in [2.45, 2.75) is 5.92 Å². The highest BCUT2D eigenvalue weighted by Crippen LogP contribution is 2.17. The molecule has 0 aliphatic carbocycles. The Labute approximate surface area is 130 Å². The summed E-state index contributed by atoms with van der Waals surface area (Å²) >= 11 is 0. The van der Waals surface area contributed by atoms with Gasteiger partial charge in [-0.15, -0.1) is 0 Å². The lowest BCUT2D eigenvalue weighted by atomic mass is 10.0. The van der Waals surface area contributed by atoms with Crippen LogP contribution in [0.4, 0.5) is 5.69 Å². The maximum atomic E-state index is 9.50. The number of nitrogens with two attached hydrogens (primary N) is 1. The minimum Gasteiger partial charge on any atom is -0.497 e. The molecule has 0 heterocycles. The Bertz CT molecular complexity index is 614. The molecular formula is C17H21N3O2. The van der Waals surface area contributed by atoms with Crippen molar-refractivity contribution < 1.29 is 9.84 Å². The molecule has 0 spiro atoms. The maximum absolute atomic E-state index is 9.50. The summed E-state index contributed by atoms with van der Waals surface area (Å²) in [7, 11) is 1.61. The number of methoxy groups -OCH3 is 1. The van der Waals surface area contributed by atoms with E-state index in [-0.39, 0.29) is 12.5 Å². The first kappa shape index (κ1) is 15.9. The summed E-state index contributed by atoms with van der Waals surface area (Å²) in [4.78, 5) is 4.30. The second-order valence-electron chi connectivity index (χ2n) is 4.87.